The van der Waals surface area contributed by atoms with E-state index in [-0.39, 0.29) is 17.1 Å². The summed E-state index contributed by atoms with van der Waals surface area (Å²) in [5.74, 6) is 0.892. The number of hydrogen-bond acceptors (Lipinski definition) is 3. The summed E-state index contributed by atoms with van der Waals surface area (Å²) < 4.78 is 5.56. The van der Waals surface area contributed by atoms with Gasteiger partial charge in [-0.05, 0) is 30.7 Å². The molecule has 1 aromatic rings. The number of nitrogens with one attached hydrogen (secondary N) is 1. The molecule has 0 atom stereocenters. The molecule has 1 amide bonds. The molecule has 0 aromatic heterocycles. The number of ether oxygens (including phenoxy) is 1. The zero-order valence-corrected chi connectivity index (χ0v) is 12.7. The lowest BCUT2D eigenvalue weighted by molar-refractivity contribution is -0.126. The largest absolute Gasteiger partial charge is 0.494 e. The van der Waals surface area contributed by atoms with E-state index in [1.54, 1.807) is 24.3 Å². The Labute approximate surface area is 120 Å². The summed E-state index contributed by atoms with van der Waals surface area (Å²) in [6, 6.07) is 7.18. The van der Waals surface area contributed by atoms with Gasteiger partial charge in [0.15, 0.2) is 0 Å². The molecular formula is C16H23NO3. The van der Waals surface area contributed by atoms with E-state index in [1.807, 2.05) is 20.8 Å². The van der Waals surface area contributed by atoms with Crippen LogP contribution in [0.3, 0.4) is 0 Å². The van der Waals surface area contributed by atoms with Crippen molar-refractivity contribution < 1.29 is 14.3 Å². The lowest BCUT2D eigenvalue weighted by Crippen LogP contribution is -2.20. The van der Waals surface area contributed by atoms with Gasteiger partial charge in [0.1, 0.15) is 11.5 Å². The molecule has 0 radical (unpaired) electrons. The molecule has 0 saturated carbocycles. The molecule has 1 aromatic carbocycles. The summed E-state index contributed by atoms with van der Waals surface area (Å²) in [6.45, 7) is 7.77. The molecule has 20 heavy (non-hydrogen) atoms. The van der Waals surface area contributed by atoms with E-state index in [0.717, 1.165) is 11.4 Å². The van der Waals surface area contributed by atoms with Crippen molar-refractivity contribution in [2.45, 2.75) is 40.5 Å². The van der Waals surface area contributed by atoms with E-state index in [0.29, 0.717) is 19.4 Å². The second-order valence-corrected chi connectivity index (χ2v) is 5.83. The fourth-order valence-corrected chi connectivity index (χ4v) is 1.64. The SMILES string of the molecule is CC(=O)Nc1ccc(OCCCC(=O)C(C)(C)C)cc1. The predicted molar refractivity (Wildman–Crippen MR) is 79.9 cm³/mol. The first-order valence-electron chi connectivity index (χ1n) is 6.83. The molecule has 0 bridgehead atoms. The Kier molecular flexibility index (Phi) is 5.74. The minimum Gasteiger partial charge on any atom is -0.494 e. The van der Waals surface area contributed by atoms with Crippen molar-refractivity contribution in [2.75, 3.05) is 11.9 Å². The number of hydrogen-bond donors (Lipinski definition) is 1. The summed E-state index contributed by atoms with van der Waals surface area (Å²) in [7, 11) is 0. The third-order valence-electron chi connectivity index (χ3n) is 2.83. The van der Waals surface area contributed by atoms with Crippen molar-refractivity contribution in [3.05, 3.63) is 24.3 Å². The van der Waals surface area contributed by atoms with Gasteiger partial charge >= 0.3 is 0 Å². The van der Waals surface area contributed by atoms with Crippen LogP contribution < -0.4 is 10.1 Å². The first kappa shape index (κ1) is 16.2. The highest BCUT2D eigenvalue weighted by molar-refractivity contribution is 5.88. The van der Waals surface area contributed by atoms with E-state index >= 15 is 0 Å². The maximum atomic E-state index is 11.7. The Hall–Kier alpha value is -1.84. The second kappa shape index (κ2) is 7.08. The van der Waals surface area contributed by atoms with Crippen LogP contribution in [-0.2, 0) is 9.59 Å². The van der Waals surface area contributed by atoms with Crippen molar-refractivity contribution in [1.82, 2.24) is 0 Å². The number of rotatable bonds is 6. The number of Topliss-reactive ketones (excluding diaryl/α,β-unsaturated/α-hetero) is 1. The highest BCUT2D eigenvalue weighted by Gasteiger charge is 2.20. The number of carbonyl (C=O) groups is 2. The van der Waals surface area contributed by atoms with Crippen molar-refractivity contribution >= 4 is 17.4 Å². The molecule has 1 rings (SSSR count). The van der Waals surface area contributed by atoms with Crippen LogP contribution in [0.2, 0.25) is 0 Å². The summed E-state index contributed by atoms with van der Waals surface area (Å²) >= 11 is 0. The van der Waals surface area contributed by atoms with Gasteiger partial charge in [-0.2, -0.15) is 0 Å². The van der Waals surface area contributed by atoms with Gasteiger partial charge in [0.2, 0.25) is 5.91 Å². The maximum absolute atomic E-state index is 11.7. The number of amides is 1. The normalized spacial score (nSPS) is 11.0. The van der Waals surface area contributed by atoms with Crippen LogP contribution in [0.15, 0.2) is 24.3 Å². The van der Waals surface area contributed by atoms with Gasteiger partial charge < -0.3 is 10.1 Å². The number of ketones is 1. The monoisotopic (exact) mass is 277 g/mol. The Morgan fingerprint density at radius 2 is 1.75 bits per heavy atom. The van der Waals surface area contributed by atoms with Gasteiger partial charge in [-0.15, -0.1) is 0 Å². The van der Waals surface area contributed by atoms with E-state index in [9.17, 15) is 9.59 Å². The van der Waals surface area contributed by atoms with Crippen molar-refractivity contribution in [2.24, 2.45) is 5.41 Å². The van der Waals surface area contributed by atoms with Crippen molar-refractivity contribution in [3.8, 4) is 5.75 Å². The fourth-order valence-electron chi connectivity index (χ4n) is 1.64. The highest BCUT2D eigenvalue weighted by atomic mass is 16.5. The summed E-state index contributed by atoms with van der Waals surface area (Å²) in [6.07, 6.45) is 1.25. The number of anilines is 1. The molecular weight excluding hydrogens is 254 g/mol. The molecule has 0 unspecified atom stereocenters. The summed E-state index contributed by atoms with van der Waals surface area (Å²) in [5, 5.41) is 2.69. The average Bonchev–Trinajstić information content (AvgIpc) is 2.34. The van der Waals surface area contributed by atoms with Crippen LogP contribution in [0.1, 0.15) is 40.5 Å². The highest BCUT2D eigenvalue weighted by Crippen LogP contribution is 2.19. The molecule has 0 heterocycles. The molecule has 0 spiro atoms. The van der Waals surface area contributed by atoms with E-state index in [2.05, 4.69) is 5.32 Å². The third kappa shape index (κ3) is 5.87. The molecule has 110 valence electrons. The van der Waals surface area contributed by atoms with Gasteiger partial charge in [-0.1, -0.05) is 20.8 Å². The zero-order valence-electron chi connectivity index (χ0n) is 12.7. The van der Waals surface area contributed by atoms with E-state index in [1.165, 1.54) is 6.92 Å². The van der Waals surface area contributed by atoms with Gasteiger partial charge in [0, 0.05) is 24.4 Å². The molecule has 0 aliphatic carbocycles. The number of carbonyl (C=O) groups excluding carboxylic acids is 2. The fraction of sp³-hybridized carbons (Fsp3) is 0.500. The second-order valence-electron chi connectivity index (χ2n) is 5.83. The molecule has 4 nitrogen and oxygen atoms in total. The van der Waals surface area contributed by atoms with Crippen LogP contribution in [0.25, 0.3) is 0 Å². The molecule has 0 saturated heterocycles. The maximum Gasteiger partial charge on any atom is 0.221 e. The number of benzene rings is 1. The van der Waals surface area contributed by atoms with Gasteiger partial charge in [0.25, 0.3) is 0 Å². The minimum atomic E-state index is -0.278. The van der Waals surface area contributed by atoms with Crippen LogP contribution >= 0.6 is 0 Å². The standard InChI is InChI=1S/C16H23NO3/c1-12(18)17-13-7-9-14(10-8-13)20-11-5-6-15(19)16(2,3)4/h7-10H,5-6,11H2,1-4H3,(H,17,18). The van der Waals surface area contributed by atoms with Crippen molar-refractivity contribution in [1.29, 1.82) is 0 Å². The predicted octanol–water partition coefficient (Wildman–Crippen LogP) is 3.42. The molecule has 1 N–H and O–H groups in total. The quantitative estimate of drug-likeness (QED) is 0.811. The lowest BCUT2D eigenvalue weighted by atomic mass is 9.88. The Morgan fingerprint density at radius 1 is 1.15 bits per heavy atom. The molecule has 0 aliphatic heterocycles. The summed E-state index contributed by atoms with van der Waals surface area (Å²) in [4.78, 5) is 22.6. The van der Waals surface area contributed by atoms with E-state index in [4.69, 9.17) is 4.74 Å². The van der Waals surface area contributed by atoms with Crippen LogP contribution in [-0.4, -0.2) is 18.3 Å². The van der Waals surface area contributed by atoms with Gasteiger partial charge in [-0.3, -0.25) is 9.59 Å². The van der Waals surface area contributed by atoms with Crippen LogP contribution in [0, 0.1) is 5.41 Å². The minimum absolute atomic E-state index is 0.0978. The third-order valence-corrected chi connectivity index (χ3v) is 2.83. The zero-order chi connectivity index (χ0) is 15.2. The van der Waals surface area contributed by atoms with Crippen LogP contribution in [0.5, 0.6) is 5.75 Å². The lowest BCUT2D eigenvalue weighted by Gasteiger charge is -2.16. The topological polar surface area (TPSA) is 55.4 Å². The molecule has 0 aliphatic rings. The molecule has 0 fully saturated rings. The van der Waals surface area contributed by atoms with Gasteiger partial charge in [0.05, 0.1) is 6.61 Å². The molecule has 4 heteroatoms. The Morgan fingerprint density at radius 3 is 2.25 bits per heavy atom. The van der Waals surface area contributed by atoms with Crippen LogP contribution in [0.4, 0.5) is 5.69 Å². The average molecular weight is 277 g/mol. The van der Waals surface area contributed by atoms with Crippen molar-refractivity contribution in [3.63, 3.8) is 0 Å². The Balaban J connectivity index is 2.32. The Bertz CT molecular complexity index is 458. The first-order chi connectivity index (χ1) is 9.29. The van der Waals surface area contributed by atoms with Gasteiger partial charge in [-0.25, -0.2) is 0 Å². The van der Waals surface area contributed by atoms with E-state index < -0.39 is 0 Å². The smallest absolute Gasteiger partial charge is 0.221 e. The first-order valence-corrected chi connectivity index (χ1v) is 6.83. The summed E-state index contributed by atoms with van der Waals surface area (Å²) in [5.41, 5.74) is 0.466.